The van der Waals surface area contributed by atoms with Crippen LogP contribution in [-0.2, 0) is 0 Å². The maximum Gasteiger partial charge on any atom is 0.136 e. The number of halogens is 2. The van der Waals surface area contributed by atoms with Gasteiger partial charge in [-0.1, -0.05) is 19.3 Å². The Morgan fingerprint density at radius 2 is 1.60 bits per heavy atom. The van der Waals surface area contributed by atoms with Crippen LogP contribution in [0.25, 0.3) is 0 Å². The minimum absolute atomic E-state index is 0.618. The Morgan fingerprint density at radius 1 is 1.10 bits per heavy atom. The lowest BCUT2D eigenvalue weighted by Crippen LogP contribution is -2.37. The van der Waals surface area contributed by atoms with Crippen LogP contribution in [0.15, 0.2) is 0 Å². The molecule has 0 heterocycles. The van der Waals surface area contributed by atoms with Gasteiger partial charge in [-0.15, -0.1) is 23.2 Å². The second kappa shape index (κ2) is 3.29. The highest BCUT2D eigenvalue weighted by Crippen LogP contribution is 2.34. The monoisotopic (exact) mass is 182 g/mol. The van der Waals surface area contributed by atoms with Gasteiger partial charge in [-0.2, -0.15) is 0 Å². The fourth-order valence-electron chi connectivity index (χ4n) is 1.38. The summed E-state index contributed by atoms with van der Waals surface area (Å²) in [5, 5.41) is 9.68. The third-order valence-corrected chi connectivity index (χ3v) is 2.94. The molecule has 0 atom stereocenters. The van der Waals surface area contributed by atoms with E-state index >= 15 is 0 Å². The lowest BCUT2D eigenvalue weighted by Gasteiger charge is -2.32. The number of rotatable bonds is 1. The summed E-state index contributed by atoms with van der Waals surface area (Å²) < 4.78 is 0. The van der Waals surface area contributed by atoms with Gasteiger partial charge in [0.2, 0.25) is 0 Å². The molecule has 0 unspecified atom stereocenters. The molecular formula is C7H12Cl2O. The Hall–Kier alpha value is 0.540. The highest BCUT2D eigenvalue weighted by atomic mass is 35.5. The zero-order valence-corrected chi connectivity index (χ0v) is 7.33. The summed E-state index contributed by atoms with van der Waals surface area (Å²) >= 11 is 11.2. The molecule has 0 saturated heterocycles. The molecule has 0 bridgehead atoms. The Balaban J connectivity index is 2.48. The molecule has 1 rings (SSSR count). The summed E-state index contributed by atoms with van der Waals surface area (Å²) in [6.07, 6.45) is 4.80. The van der Waals surface area contributed by atoms with Crippen LogP contribution < -0.4 is 0 Å². The van der Waals surface area contributed by atoms with E-state index in [1.807, 2.05) is 0 Å². The minimum atomic E-state index is -0.790. The molecule has 60 valence electrons. The number of alkyl halides is 2. The van der Waals surface area contributed by atoms with Crippen molar-refractivity contribution in [3.8, 4) is 0 Å². The molecule has 0 aromatic carbocycles. The average molecular weight is 183 g/mol. The summed E-state index contributed by atoms with van der Waals surface area (Å²) in [5.74, 6) is 0. The van der Waals surface area contributed by atoms with Crippen LogP contribution in [0.3, 0.4) is 0 Å². The van der Waals surface area contributed by atoms with Gasteiger partial charge in [-0.05, 0) is 12.8 Å². The molecule has 0 aromatic rings. The van der Waals surface area contributed by atoms with E-state index in [1.165, 1.54) is 6.42 Å². The largest absolute Gasteiger partial charge is 0.387 e. The summed E-state index contributed by atoms with van der Waals surface area (Å²) in [6.45, 7) is 0. The number of hydrogen-bond acceptors (Lipinski definition) is 1. The molecule has 1 N–H and O–H groups in total. The fourth-order valence-corrected chi connectivity index (χ4v) is 1.82. The van der Waals surface area contributed by atoms with E-state index < -0.39 is 10.4 Å². The van der Waals surface area contributed by atoms with Gasteiger partial charge < -0.3 is 5.11 Å². The van der Waals surface area contributed by atoms with Gasteiger partial charge in [-0.3, -0.25) is 0 Å². The molecule has 0 aromatic heterocycles. The first kappa shape index (κ1) is 8.63. The molecule has 3 heteroatoms. The van der Waals surface area contributed by atoms with Crippen molar-refractivity contribution in [2.75, 3.05) is 0 Å². The van der Waals surface area contributed by atoms with Crippen molar-refractivity contribution in [1.29, 1.82) is 0 Å². The summed E-state index contributed by atoms with van der Waals surface area (Å²) in [5.41, 5.74) is -0.790. The van der Waals surface area contributed by atoms with Crippen LogP contribution in [0.1, 0.15) is 32.1 Å². The molecule has 1 aliphatic carbocycles. The normalized spacial score (nSPS) is 25.2. The fraction of sp³-hybridized carbons (Fsp3) is 1.00. The first-order valence-corrected chi connectivity index (χ1v) is 4.53. The predicted octanol–water partition coefficient (Wildman–Crippen LogP) is 2.49. The molecule has 1 aliphatic rings. The Kier molecular flexibility index (Phi) is 2.84. The average Bonchev–Trinajstić information content (AvgIpc) is 1.89. The Bertz CT molecular complexity index is 108. The van der Waals surface area contributed by atoms with E-state index in [0.717, 1.165) is 25.7 Å². The highest BCUT2D eigenvalue weighted by Gasteiger charge is 2.35. The van der Waals surface area contributed by atoms with Crippen molar-refractivity contribution in [1.82, 2.24) is 0 Å². The molecule has 0 aliphatic heterocycles. The smallest absolute Gasteiger partial charge is 0.136 e. The van der Waals surface area contributed by atoms with Gasteiger partial charge in [0.05, 0.1) is 5.60 Å². The molecule has 10 heavy (non-hydrogen) atoms. The second-order valence-corrected chi connectivity index (χ2v) is 4.06. The van der Waals surface area contributed by atoms with E-state index in [2.05, 4.69) is 0 Å². The zero-order valence-electron chi connectivity index (χ0n) is 5.82. The van der Waals surface area contributed by atoms with Crippen molar-refractivity contribution in [2.24, 2.45) is 0 Å². The third-order valence-electron chi connectivity index (χ3n) is 2.13. The SMILES string of the molecule is OC1(C(Cl)Cl)CCCCC1. The molecule has 0 radical (unpaired) electrons. The molecule has 1 saturated carbocycles. The third kappa shape index (κ3) is 1.77. The van der Waals surface area contributed by atoms with Crippen molar-refractivity contribution in [3.63, 3.8) is 0 Å². The van der Waals surface area contributed by atoms with Gasteiger partial charge in [0.15, 0.2) is 0 Å². The molecule has 1 nitrogen and oxygen atoms in total. The predicted molar refractivity (Wildman–Crippen MR) is 43.5 cm³/mol. The summed E-state index contributed by atoms with van der Waals surface area (Å²) in [4.78, 5) is -0.618. The zero-order chi connectivity index (χ0) is 7.61. The van der Waals surface area contributed by atoms with Gasteiger partial charge in [-0.25, -0.2) is 0 Å². The van der Waals surface area contributed by atoms with Gasteiger partial charge in [0, 0.05) is 0 Å². The standard InChI is InChI=1S/C7H12Cl2O/c8-6(9)7(10)4-2-1-3-5-7/h6,10H,1-5H2. The van der Waals surface area contributed by atoms with Crippen LogP contribution in [0.5, 0.6) is 0 Å². The lowest BCUT2D eigenvalue weighted by molar-refractivity contribution is 0.0169. The van der Waals surface area contributed by atoms with Crippen molar-refractivity contribution >= 4 is 23.2 Å². The van der Waals surface area contributed by atoms with Gasteiger partial charge >= 0.3 is 0 Å². The van der Waals surface area contributed by atoms with Crippen LogP contribution >= 0.6 is 23.2 Å². The van der Waals surface area contributed by atoms with E-state index in [0.29, 0.717) is 0 Å². The topological polar surface area (TPSA) is 20.2 Å². The quantitative estimate of drug-likeness (QED) is 0.619. The number of aliphatic hydroxyl groups is 1. The first-order valence-electron chi connectivity index (χ1n) is 3.66. The highest BCUT2D eigenvalue weighted by molar-refractivity contribution is 6.45. The Morgan fingerprint density at radius 3 is 1.90 bits per heavy atom. The van der Waals surface area contributed by atoms with Crippen LogP contribution in [-0.4, -0.2) is 15.5 Å². The van der Waals surface area contributed by atoms with Gasteiger partial charge in [0.25, 0.3) is 0 Å². The van der Waals surface area contributed by atoms with Crippen molar-refractivity contribution in [2.45, 2.75) is 42.5 Å². The van der Waals surface area contributed by atoms with E-state index in [4.69, 9.17) is 23.2 Å². The van der Waals surface area contributed by atoms with E-state index in [-0.39, 0.29) is 0 Å². The lowest BCUT2D eigenvalue weighted by atomic mass is 9.86. The molecular weight excluding hydrogens is 171 g/mol. The van der Waals surface area contributed by atoms with Gasteiger partial charge in [0.1, 0.15) is 4.84 Å². The number of hydrogen-bond donors (Lipinski definition) is 1. The van der Waals surface area contributed by atoms with Crippen molar-refractivity contribution < 1.29 is 5.11 Å². The Labute approximate surface area is 71.3 Å². The van der Waals surface area contributed by atoms with Crippen LogP contribution in [0, 0.1) is 0 Å². The van der Waals surface area contributed by atoms with E-state index in [9.17, 15) is 5.11 Å². The second-order valence-electron chi connectivity index (χ2n) is 2.96. The molecule has 0 amide bonds. The maximum atomic E-state index is 9.68. The maximum absolute atomic E-state index is 9.68. The molecule has 1 fully saturated rings. The van der Waals surface area contributed by atoms with E-state index in [1.54, 1.807) is 0 Å². The van der Waals surface area contributed by atoms with Crippen molar-refractivity contribution in [3.05, 3.63) is 0 Å². The molecule has 0 spiro atoms. The minimum Gasteiger partial charge on any atom is -0.387 e. The first-order chi connectivity index (χ1) is 4.65. The summed E-state index contributed by atoms with van der Waals surface area (Å²) in [6, 6.07) is 0. The van der Waals surface area contributed by atoms with Crippen LogP contribution in [0.4, 0.5) is 0 Å². The van der Waals surface area contributed by atoms with Crippen LogP contribution in [0.2, 0.25) is 0 Å². The summed E-state index contributed by atoms with van der Waals surface area (Å²) in [7, 11) is 0.